The summed E-state index contributed by atoms with van der Waals surface area (Å²) in [5.74, 6) is -1.44. The van der Waals surface area contributed by atoms with Crippen molar-refractivity contribution in [3.05, 3.63) is 45.3 Å². The highest BCUT2D eigenvalue weighted by Gasteiger charge is 2.38. The number of hydrogen-bond acceptors (Lipinski definition) is 9. The number of fused-ring (bicyclic) bond motifs is 1. The summed E-state index contributed by atoms with van der Waals surface area (Å²) in [6.07, 6.45) is 2.48. The molecule has 1 heterocycles. The molecular weight excluding hydrogens is 460 g/mol. The van der Waals surface area contributed by atoms with Crippen LogP contribution >= 0.6 is 11.3 Å². The molecule has 0 radical (unpaired) electrons. The Bertz CT molecular complexity index is 1190. The van der Waals surface area contributed by atoms with Crippen LogP contribution in [0.2, 0.25) is 0 Å². The van der Waals surface area contributed by atoms with Crippen LogP contribution in [0.4, 0.5) is 5.00 Å². The zero-order chi connectivity index (χ0) is 24.8. The van der Waals surface area contributed by atoms with E-state index < -0.39 is 23.8 Å². The molecule has 1 atom stereocenters. The summed E-state index contributed by atoms with van der Waals surface area (Å²) in [6, 6.07) is 6.92. The highest BCUT2D eigenvalue weighted by Crippen LogP contribution is 2.46. The van der Waals surface area contributed by atoms with Crippen molar-refractivity contribution in [1.82, 2.24) is 0 Å². The topological polar surface area (TPSA) is 124 Å². The second kappa shape index (κ2) is 10.9. The van der Waals surface area contributed by atoms with Crippen molar-refractivity contribution in [3.63, 3.8) is 0 Å². The van der Waals surface area contributed by atoms with E-state index in [0.29, 0.717) is 42.1 Å². The molecule has 1 aliphatic rings. The molecule has 178 valence electrons. The van der Waals surface area contributed by atoms with E-state index in [2.05, 4.69) is 5.32 Å². The monoisotopic (exact) mass is 484 g/mol. The van der Waals surface area contributed by atoms with Crippen LogP contribution in [0.5, 0.6) is 11.5 Å². The molecule has 1 N–H and O–H groups in total. The molecule has 0 aliphatic heterocycles. The van der Waals surface area contributed by atoms with Gasteiger partial charge in [0.2, 0.25) is 0 Å². The number of amides is 1. The Morgan fingerprint density at radius 3 is 2.59 bits per heavy atom. The molecule has 0 saturated heterocycles. The van der Waals surface area contributed by atoms with Gasteiger partial charge in [-0.05, 0) is 49.1 Å². The fourth-order valence-electron chi connectivity index (χ4n) is 3.77. The number of methoxy groups -OCH3 is 3. The van der Waals surface area contributed by atoms with Crippen LogP contribution in [-0.4, -0.2) is 45.8 Å². The summed E-state index contributed by atoms with van der Waals surface area (Å²) < 4.78 is 20.6. The van der Waals surface area contributed by atoms with E-state index in [-0.39, 0.29) is 16.1 Å². The number of rotatable bonds is 8. The number of hydrogen-bond donors (Lipinski definition) is 1. The summed E-state index contributed by atoms with van der Waals surface area (Å²) in [5.41, 5.74) is 1.00. The maximum Gasteiger partial charge on any atom is 0.341 e. The second-order valence-corrected chi connectivity index (χ2v) is 8.32. The van der Waals surface area contributed by atoms with Gasteiger partial charge in [-0.15, -0.1) is 11.3 Å². The molecule has 1 aromatic heterocycles. The molecule has 34 heavy (non-hydrogen) atoms. The first-order valence-corrected chi connectivity index (χ1v) is 11.3. The number of carbonyl (C=O) groups excluding carboxylic acids is 3. The third kappa shape index (κ3) is 4.89. The highest BCUT2D eigenvalue weighted by atomic mass is 32.1. The van der Waals surface area contributed by atoms with E-state index in [4.69, 9.17) is 18.9 Å². The highest BCUT2D eigenvalue weighted by molar-refractivity contribution is 7.17. The minimum atomic E-state index is -0.699. The van der Waals surface area contributed by atoms with E-state index in [1.807, 2.05) is 13.0 Å². The molecule has 1 aliphatic carbocycles. The van der Waals surface area contributed by atoms with Gasteiger partial charge in [-0.25, -0.2) is 4.79 Å². The average Bonchev–Trinajstić information content (AvgIpc) is 3.41. The molecule has 9 nitrogen and oxygen atoms in total. The van der Waals surface area contributed by atoms with Crippen molar-refractivity contribution in [1.29, 1.82) is 5.26 Å². The lowest BCUT2D eigenvalue weighted by Crippen LogP contribution is -2.18. The van der Waals surface area contributed by atoms with Gasteiger partial charge < -0.3 is 24.3 Å². The third-order valence-electron chi connectivity index (χ3n) is 5.30. The van der Waals surface area contributed by atoms with Crippen LogP contribution in [-0.2, 0) is 25.5 Å². The normalized spacial score (nSPS) is 14.6. The summed E-state index contributed by atoms with van der Waals surface area (Å²) >= 11 is 1.19. The Morgan fingerprint density at radius 1 is 1.21 bits per heavy atom. The van der Waals surface area contributed by atoms with E-state index in [9.17, 15) is 19.6 Å². The van der Waals surface area contributed by atoms with Gasteiger partial charge in [-0.2, -0.15) is 5.26 Å². The number of nitrogens with one attached hydrogen (secondary N) is 1. The number of carbonyl (C=O) groups is 3. The molecule has 10 heteroatoms. The molecule has 3 rings (SSSR count). The smallest absolute Gasteiger partial charge is 0.341 e. The Kier molecular flexibility index (Phi) is 7.91. The molecule has 0 unspecified atom stereocenters. The molecule has 0 bridgehead atoms. The standard InChI is InChI=1S/C24H24N2O7S/c1-5-33-16-8-6-13(11-17(16)30-2)10-14(12-25)21(27)26-22-20(24(29)32-4)19-15(23(28)31-3)7-9-18(19)34-22/h6,8,10-11,15H,5,7,9H2,1-4H3,(H,26,27)/b14-10+/t15-/m0/s1. The molecule has 1 aromatic carbocycles. The van der Waals surface area contributed by atoms with Gasteiger partial charge in [0.1, 0.15) is 16.6 Å². The maximum absolute atomic E-state index is 12.9. The zero-order valence-corrected chi connectivity index (χ0v) is 20.0. The van der Waals surface area contributed by atoms with E-state index in [0.717, 1.165) is 4.88 Å². The van der Waals surface area contributed by atoms with Crippen molar-refractivity contribution >= 4 is 40.3 Å². The molecule has 1 amide bonds. The van der Waals surface area contributed by atoms with Gasteiger partial charge in [0.05, 0.1) is 39.4 Å². The average molecular weight is 485 g/mol. The molecule has 2 aromatic rings. The summed E-state index contributed by atoms with van der Waals surface area (Å²) in [5, 5.41) is 12.5. The third-order valence-corrected chi connectivity index (χ3v) is 6.48. The van der Waals surface area contributed by atoms with E-state index in [1.54, 1.807) is 18.2 Å². The van der Waals surface area contributed by atoms with Gasteiger partial charge >= 0.3 is 11.9 Å². The molecule has 0 spiro atoms. The van der Waals surface area contributed by atoms with Crippen molar-refractivity contribution in [3.8, 4) is 17.6 Å². The van der Waals surface area contributed by atoms with Crippen LogP contribution < -0.4 is 14.8 Å². The molecule has 0 saturated carbocycles. The van der Waals surface area contributed by atoms with E-state index >= 15 is 0 Å². The number of benzene rings is 1. The fourth-order valence-corrected chi connectivity index (χ4v) is 5.03. The van der Waals surface area contributed by atoms with Gasteiger partial charge in [-0.1, -0.05) is 6.07 Å². The van der Waals surface area contributed by atoms with Crippen molar-refractivity contribution in [2.75, 3.05) is 33.3 Å². The first-order chi connectivity index (χ1) is 16.4. The zero-order valence-electron chi connectivity index (χ0n) is 19.2. The van der Waals surface area contributed by atoms with Crippen molar-refractivity contribution < 1.29 is 33.3 Å². The largest absolute Gasteiger partial charge is 0.493 e. The first kappa shape index (κ1) is 24.8. The number of aryl methyl sites for hydroxylation is 1. The van der Waals surface area contributed by atoms with Gasteiger partial charge in [0.15, 0.2) is 11.5 Å². The Balaban J connectivity index is 1.94. The number of esters is 2. The van der Waals surface area contributed by atoms with Gasteiger partial charge in [0, 0.05) is 4.88 Å². The van der Waals surface area contributed by atoms with E-state index in [1.165, 1.54) is 38.7 Å². The number of thiophene rings is 1. The number of anilines is 1. The quantitative estimate of drug-likeness (QED) is 0.342. The first-order valence-electron chi connectivity index (χ1n) is 10.4. The van der Waals surface area contributed by atoms with Crippen LogP contribution in [0, 0.1) is 11.3 Å². The summed E-state index contributed by atoms with van der Waals surface area (Å²) in [6.45, 7) is 2.31. The number of nitriles is 1. The molecule has 0 fully saturated rings. The Morgan fingerprint density at radius 2 is 1.97 bits per heavy atom. The maximum atomic E-state index is 12.9. The lowest BCUT2D eigenvalue weighted by molar-refractivity contribution is -0.142. The predicted molar refractivity (Wildman–Crippen MR) is 125 cm³/mol. The van der Waals surface area contributed by atoms with Crippen LogP contribution in [0.25, 0.3) is 6.08 Å². The number of ether oxygens (including phenoxy) is 4. The van der Waals surface area contributed by atoms with Gasteiger partial charge in [-0.3, -0.25) is 9.59 Å². The summed E-state index contributed by atoms with van der Waals surface area (Å²) in [7, 11) is 4.00. The SMILES string of the molecule is CCOc1ccc(/C=C(\C#N)C(=O)Nc2sc3c(c2C(=O)OC)[C@@H](C(=O)OC)CC3)cc1OC. The van der Waals surface area contributed by atoms with Crippen molar-refractivity contribution in [2.45, 2.75) is 25.7 Å². The molecular formula is C24H24N2O7S. The Hall–Kier alpha value is -3.84. The van der Waals surface area contributed by atoms with Crippen LogP contribution in [0.1, 0.15) is 45.6 Å². The lowest BCUT2D eigenvalue weighted by Gasteiger charge is -2.12. The number of nitrogens with zero attached hydrogens (tertiary/aromatic N) is 1. The minimum Gasteiger partial charge on any atom is -0.493 e. The second-order valence-electron chi connectivity index (χ2n) is 7.22. The van der Waals surface area contributed by atoms with Crippen LogP contribution in [0.15, 0.2) is 23.8 Å². The minimum absolute atomic E-state index is 0.115. The predicted octanol–water partition coefficient (Wildman–Crippen LogP) is 3.69. The van der Waals surface area contributed by atoms with Crippen molar-refractivity contribution in [2.24, 2.45) is 0 Å². The fraction of sp³-hybridized carbons (Fsp3) is 0.333. The van der Waals surface area contributed by atoms with Gasteiger partial charge in [0.25, 0.3) is 5.91 Å². The summed E-state index contributed by atoms with van der Waals surface area (Å²) in [4.78, 5) is 38.5. The van der Waals surface area contributed by atoms with Crippen LogP contribution in [0.3, 0.4) is 0 Å². The lowest BCUT2D eigenvalue weighted by atomic mass is 9.99. The Labute approximate surface area is 200 Å².